The summed E-state index contributed by atoms with van der Waals surface area (Å²) in [5.41, 5.74) is 2.90. The van der Waals surface area contributed by atoms with Crippen LogP contribution >= 0.6 is 46.1 Å². The largest absolute Gasteiger partial charge is 0.343 e. The number of halogens is 3. The highest BCUT2D eigenvalue weighted by Crippen LogP contribution is 2.47. The third-order valence-electron chi connectivity index (χ3n) is 6.59. The van der Waals surface area contributed by atoms with Crippen LogP contribution in [0.4, 0.5) is 5.82 Å². The number of H-pyrrole nitrogens is 1. The van der Waals surface area contributed by atoms with E-state index in [9.17, 15) is 9.59 Å². The molecule has 0 bridgehead atoms. The predicted octanol–water partition coefficient (Wildman–Crippen LogP) is 7.15. The number of rotatable bonds is 3. The second kappa shape index (κ2) is 8.71. The minimum absolute atomic E-state index is 0.0377. The number of anilines is 1. The summed E-state index contributed by atoms with van der Waals surface area (Å²) in [5, 5.41) is 10.0. The molecule has 0 spiro atoms. The lowest BCUT2D eigenvalue weighted by molar-refractivity contribution is -0.116. The third-order valence-corrected chi connectivity index (χ3v) is 8.43. The van der Waals surface area contributed by atoms with Crippen molar-refractivity contribution in [1.29, 1.82) is 0 Å². The van der Waals surface area contributed by atoms with Gasteiger partial charge in [0.2, 0.25) is 0 Å². The molecule has 0 fully saturated rings. The normalized spacial score (nSPS) is 19.3. The third kappa shape index (κ3) is 3.85. The van der Waals surface area contributed by atoms with Crippen LogP contribution in [-0.2, 0) is 4.79 Å². The van der Waals surface area contributed by atoms with Gasteiger partial charge in [-0.3, -0.25) is 14.7 Å². The van der Waals surface area contributed by atoms with Crippen LogP contribution in [0.1, 0.15) is 40.7 Å². The molecule has 2 atom stereocenters. The average Bonchev–Trinajstić information content (AvgIpc) is 3.49. The van der Waals surface area contributed by atoms with Gasteiger partial charge in [0.05, 0.1) is 16.3 Å². The number of hydrogen-bond donors (Lipinski definition) is 2. The fourth-order valence-corrected chi connectivity index (χ4v) is 6.36. The van der Waals surface area contributed by atoms with Gasteiger partial charge in [-0.25, -0.2) is 4.68 Å². The summed E-state index contributed by atoms with van der Waals surface area (Å²) < 4.78 is 1.38. The van der Waals surface area contributed by atoms with Crippen molar-refractivity contribution in [3.05, 3.63) is 113 Å². The molecule has 2 aromatic heterocycles. The SMILES string of the molecule is O=C1C[C@@H](c2cccs2)CC2=C1[C@H](c1ccc(Cl)cc1)c1c([nH]n(-c3cc(Cl)ccc3Cl)c1=O)N2. The lowest BCUT2D eigenvalue weighted by Gasteiger charge is -2.34. The standard InChI is InChI=1S/C26H18Cl3N3O2S/c27-15-5-3-13(4-6-15)22-23-18(10-14(11-20(23)33)21-2-1-9-35-21)30-25-24(22)26(34)32(31-25)19-12-16(28)7-8-17(19)29/h1-9,12,14,22,30-31H,10-11H2/t14-,22-/m0/s1. The molecular formula is C26H18Cl3N3O2S. The van der Waals surface area contributed by atoms with Gasteiger partial charge in [-0.05, 0) is 53.8 Å². The Morgan fingerprint density at radius 2 is 1.71 bits per heavy atom. The molecule has 2 N–H and O–H groups in total. The average molecular weight is 543 g/mol. The van der Waals surface area contributed by atoms with Crippen molar-refractivity contribution in [3.8, 4) is 5.69 Å². The van der Waals surface area contributed by atoms with Gasteiger partial charge in [0.25, 0.3) is 5.56 Å². The predicted molar refractivity (Wildman–Crippen MR) is 142 cm³/mol. The van der Waals surface area contributed by atoms with Crippen molar-refractivity contribution in [2.45, 2.75) is 24.7 Å². The zero-order chi connectivity index (χ0) is 24.3. The molecule has 35 heavy (non-hydrogen) atoms. The molecule has 3 heterocycles. The van der Waals surface area contributed by atoms with Crippen LogP contribution in [0.15, 0.2) is 76.0 Å². The van der Waals surface area contributed by atoms with Crippen molar-refractivity contribution in [1.82, 2.24) is 9.78 Å². The van der Waals surface area contributed by atoms with Gasteiger partial charge < -0.3 is 5.32 Å². The first-order chi connectivity index (χ1) is 16.9. The highest BCUT2D eigenvalue weighted by Gasteiger charge is 2.41. The number of thiophene rings is 1. The van der Waals surface area contributed by atoms with Gasteiger partial charge in [0, 0.05) is 44.4 Å². The molecular weight excluding hydrogens is 525 g/mol. The number of carbonyl (C=O) groups excluding carboxylic acids is 1. The van der Waals surface area contributed by atoms with E-state index in [-0.39, 0.29) is 17.3 Å². The summed E-state index contributed by atoms with van der Waals surface area (Å²) in [7, 11) is 0. The molecule has 1 aliphatic heterocycles. The van der Waals surface area contributed by atoms with Gasteiger partial charge in [0.15, 0.2) is 5.78 Å². The number of aromatic amines is 1. The lowest BCUT2D eigenvalue weighted by Crippen LogP contribution is -2.31. The maximum atomic E-state index is 13.8. The number of benzene rings is 2. The Hall–Kier alpha value is -2.77. The molecule has 0 radical (unpaired) electrons. The maximum Gasteiger partial charge on any atom is 0.277 e. The summed E-state index contributed by atoms with van der Waals surface area (Å²) >= 11 is 20.4. The Kier molecular flexibility index (Phi) is 5.65. The van der Waals surface area contributed by atoms with Gasteiger partial charge in [0.1, 0.15) is 5.82 Å². The van der Waals surface area contributed by atoms with Gasteiger partial charge in [-0.15, -0.1) is 11.3 Å². The van der Waals surface area contributed by atoms with Gasteiger partial charge in [-0.2, -0.15) is 0 Å². The number of allylic oxidation sites excluding steroid dienone is 2. The first-order valence-corrected chi connectivity index (χ1v) is 13.0. The zero-order valence-corrected chi connectivity index (χ0v) is 21.2. The number of hydrogen-bond acceptors (Lipinski definition) is 4. The first kappa shape index (κ1) is 22.7. The monoisotopic (exact) mass is 541 g/mol. The number of ketones is 1. The second-order valence-electron chi connectivity index (χ2n) is 8.68. The maximum absolute atomic E-state index is 13.8. The Labute approximate surface area is 219 Å². The van der Waals surface area contributed by atoms with Gasteiger partial charge >= 0.3 is 0 Å². The summed E-state index contributed by atoms with van der Waals surface area (Å²) in [4.78, 5) is 28.6. The zero-order valence-electron chi connectivity index (χ0n) is 18.1. The molecule has 0 saturated heterocycles. The minimum Gasteiger partial charge on any atom is -0.343 e. The highest BCUT2D eigenvalue weighted by atomic mass is 35.5. The summed E-state index contributed by atoms with van der Waals surface area (Å²) in [6, 6.07) is 16.3. The molecule has 0 unspecified atom stereocenters. The molecule has 2 aliphatic rings. The van der Waals surface area contributed by atoms with E-state index in [0.29, 0.717) is 50.6 Å². The van der Waals surface area contributed by atoms with Crippen LogP contribution < -0.4 is 10.9 Å². The number of Topliss-reactive ketones (excluding diaryl/α,β-unsaturated/α-hetero) is 1. The fourth-order valence-electron chi connectivity index (χ4n) is 5.03. The number of nitrogens with one attached hydrogen (secondary N) is 2. The van der Waals surface area contributed by atoms with Crippen LogP contribution in [0.25, 0.3) is 5.69 Å². The lowest BCUT2D eigenvalue weighted by atomic mass is 9.74. The van der Waals surface area contributed by atoms with E-state index < -0.39 is 5.92 Å². The smallest absolute Gasteiger partial charge is 0.277 e. The number of carbonyl (C=O) groups is 1. The van der Waals surface area contributed by atoms with E-state index in [1.807, 2.05) is 23.6 Å². The molecule has 0 saturated carbocycles. The van der Waals surface area contributed by atoms with Crippen molar-refractivity contribution >= 4 is 57.7 Å². The second-order valence-corrected chi connectivity index (χ2v) is 10.9. The molecule has 5 nitrogen and oxygen atoms in total. The van der Waals surface area contributed by atoms with Crippen LogP contribution in [0.2, 0.25) is 15.1 Å². The molecule has 4 aromatic rings. The summed E-state index contributed by atoms with van der Waals surface area (Å²) in [6.07, 6.45) is 1.08. The highest BCUT2D eigenvalue weighted by molar-refractivity contribution is 7.10. The van der Waals surface area contributed by atoms with Crippen molar-refractivity contribution in [2.75, 3.05) is 5.32 Å². The summed E-state index contributed by atoms with van der Waals surface area (Å²) in [5.74, 6) is 0.149. The Bertz CT molecular complexity index is 1550. The molecule has 2 aromatic carbocycles. The molecule has 9 heteroatoms. The van der Waals surface area contributed by atoms with Crippen LogP contribution in [-0.4, -0.2) is 15.6 Å². The first-order valence-electron chi connectivity index (χ1n) is 11.0. The molecule has 0 amide bonds. The number of fused-ring (bicyclic) bond motifs is 1. The fraction of sp³-hybridized carbons (Fsp3) is 0.154. The molecule has 1 aliphatic carbocycles. The quantitative estimate of drug-likeness (QED) is 0.289. The Morgan fingerprint density at radius 1 is 0.943 bits per heavy atom. The Morgan fingerprint density at radius 3 is 2.46 bits per heavy atom. The van der Waals surface area contributed by atoms with Crippen molar-refractivity contribution in [2.24, 2.45) is 0 Å². The molecule has 6 rings (SSSR count). The van der Waals surface area contributed by atoms with Crippen LogP contribution in [0, 0.1) is 0 Å². The van der Waals surface area contributed by atoms with Crippen molar-refractivity contribution in [3.63, 3.8) is 0 Å². The van der Waals surface area contributed by atoms with Crippen molar-refractivity contribution < 1.29 is 4.79 Å². The topological polar surface area (TPSA) is 66.9 Å². The minimum atomic E-state index is -0.529. The molecule has 176 valence electrons. The van der Waals surface area contributed by atoms with Gasteiger partial charge in [-0.1, -0.05) is 53.0 Å². The van der Waals surface area contributed by atoms with Crippen LogP contribution in [0.5, 0.6) is 0 Å². The van der Waals surface area contributed by atoms with E-state index in [1.165, 1.54) is 9.56 Å². The Balaban J connectivity index is 1.54. The van der Waals surface area contributed by atoms with E-state index in [0.717, 1.165) is 11.3 Å². The van der Waals surface area contributed by atoms with E-state index in [2.05, 4.69) is 16.5 Å². The van der Waals surface area contributed by atoms with E-state index in [4.69, 9.17) is 34.8 Å². The summed E-state index contributed by atoms with van der Waals surface area (Å²) in [6.45, 7) is 0. The van der Waals surface area contributed by atoms with E-state index >= 15 is 0 Å². The number of aromatic nitrogens is 2. The number of nitrogens with zero attached hydrogens (tertiary/aromatic N) is 1. The van der Waals surface area contributed by atoms with E-state index in [1.54, 1.807) is 41.7 Å². The van der Waals surface area contributed by atoms with Crippen LogP contribution in [0.3, 0.4) is 0 Å².